The average Bonchev–Trinajstić information content (AvgIpc) is 3.45. The molecule has 0 saturated carbocycles. The minimum atomic E-state index is -3.12. The molecule has 0 amide bonds. The van der Waals surface area contributed by atoms with Crippen LogP contribution in [0.4, 0.5) is 24.8 Å². The van der Waals surface area contributed by atoms with Gasteiger partial charge in [-0.1, -0.05) is 11.6 Å². The van der Waals surface area contributed by atoms with Crippen molar-refractivity contribution in [2.24, 2.45) is 0 Å². The van der Waals surface area contributed by atoms with Crippen molar-refractivity contribution < 1.29 is 13.2 Å². The molecule has 0 radical (unpaired) electrons. The van der Waals surface area contributed by atoms with Crippen LogP contribution in [0, 0.1) is 5.82 Å². The zero-order chi connectivity index (χ0) is 23.2. The van der Waals surface area contributed by atoms with E-state index in [0.717, 1.165) is 12.3 Å². The van der Waals surface area contributed by atoms with E-state index in [1.165, 1.54) is 41.3 Å². The number of benzene rings is 1. The Morgan fingerprint density at radius 1 is 1.09 bits per heavy atom. The number of nitrogens with one attached hydrogen (secondary N) is 2. The first kappa shape index (κ1) is 21.0. The first-order valence-corrected chi connectivity index (χ1v) is 10.1. The summed E-state index contributed by atoms with van der Waals surface area (Å²) in [5.41, 5.74) is 1.97. The van der Waals surface area contributed by atoms with Gasteiger partial charge in [-0.05, 0) is 36.4 Å². The number of hydrogen-bond donors (Lipinski definition) is 2. The number of alkyl halides is 2. The smallest absolute Gasteiger partial charge is 0.288 e. The molecular weight excluding hydrogens is 455 g/mol. The lowest BCUT2D eigenvalue weighted by molar-refractivity contribution is 0.0124. The van der Waals surface area contributed by atoms with Gasteiger partial charge in [-0.25, -0.2) is 19.0 Å². The minimum absolute atomic E-state index is 0.0652. The van der Waals surface area contributed by atoms with Gasteiger partial charge in [-0.3, -0.25) is 0 Å². The average molecular weight is 470 g/mol. The quantitative estimate of drug-likeness (QED) is 0.337. The largest absolute Gasteiger partial charge is 0.346 e. The molecule has 5 aromatic rings. The van der Waals surface area contributed by atoms with Crippen molar-refractivity contribution in [1.82, 2.24) is 29.7 Å². The Hall–Kier alpha value is -3.92. The zero-order valence-corrected chi connectivity index (χ0v) is 17.8. The standard InChI is InChI=1S/C22H15ClF3N7/c1-22(25,26)18-5-7-33(32-18)20-15(13-8-12-4-6-27-19(12)28-10-13)11-29-21(31-20)30-14-2-3-17(24)16(23)9-14/h2-11H,1H3,(H,27,28)(H,29,30,31). The molecule has 0 unspecified atom stereocenters. The Kier molecular flexibility index (Phi) is 5.01. The first-order chi connectivity index (χ1) is 15.8. The van der Waals surface area contributed by atoms with E-state index >= 15 is 0 Å². The lowest BCUT2D eigenvalue weighted by Crippen LogP contribution is -2.11. The van der Waals surface area contributed by atoms with E-state index in [0.29, 0.717) is 22.5 Å². The molecule has 0 aliphatic rings. The number of rotatable bonds is 5. The number of halogens is 4. The summed E-state index contributed by atoms with van der Waals surface area (Å²) in [5.74, 6) is -3.27. The van der Waals surface area contributed by atoms with Crippen LogP contribution in [0.2, 0.25) is 5.02 Å². The highest BCUT2D eigenvalue weighted by Gasteiger charge is 2.28. The molecule has 5 rings (SSSR count). The number of pyridine rings is 1. The van der Waals surface area contributed by atoms with Gasteiger partial charge in [0.15, 0.2) is 5.82 Å². The summed E-state index contributed by atoms with van der Waals surface area (Å²) >= 11 is 5.85. The molecular formula is C22H15ClF3N7. The van der Waals surface area contributed by atoms with Gasteiger partial charge in [0.1, 0.15) is 17.2 Å². The fraction of sp³-hybridized carbons (Fsp3) is 0.0909. The van der Waals surface area contributed by atoms with Crippen LogP contribution in [0.5, 0.6) is 0 Å². The lowest BCUT2D eigenvalue weighted by atomic mass is 10.1. The summed E-state index contributed by atoms with van der Waals surface area (Å²) in [6.45, 7) is 0.773. The van der Waals surface area contributed by atoms with Gasteiger partial charge >= 0.3 is 0 Å². The number of aromatic amines is 1. The van der Waals surface area contributed by atoms with Gasteiger partial charge in [0, 0.05) is 53.9 Å². The second-order valence-electron chi connectivity index (χ2n) is 7.36. The molecule has 0 aliphatic heterocycles. The van der Waals surface area contributed by atoms with Gasteiger partial charge in [0.2, 0.25) is 5.95 Å². The topological polar surface area (TPSA) is 84.3 Å². The number of anilines is 2. The molecule has 4 heterocycles. The van der Waals surface area contributed by atoms with Crippen LogP contribution in [-0.4, -0.2) is 29.7 Å². The lowest BCUT2D eigenvalue weighted by Gasteiger charge is -2.12. The molecule has 0 fully saturated rings. The maximum absolute atomic E-state index is 13.8. The maximum Gasteiger partial charge on any atom is 0.288 e. The molecule has 0 atom stereocenters. The molecule has 0 spiro atoms. The number of H-pyrrole nitrogens is 1. The summed E-state index contributed by atoms with van der Waals surface area (Å²) in [5, 5.41) is 7.75. The van der Waals surface area contributed by atoms with Crippen molar-refractivity contribution in [2.45, 2.75) is 12.8 Å². The summed E-state index contributed by atoms with van der Waals surface area (Å²) < 4.78 is 42.3. The van der Waals surface area contributed by atoms with E-state index < -0.39 is 17.4 Å². The van der Waals surface area contributed by atoms with Crippen molar-refractivity contribution in [1.29, 1.82) is 0 Å². The van der Waals surface area contributed by atoms with E-state index in [9.17, 15) is 13.2 Å². The van der Waals surface area contributed by atoms with E-state index in [4.69, 9.17) is 11.6 Å². The van der Waals surface area contributed by atoms with Crippen LogP contribution in [0.15, 0.2) is 61.2 Å². The van der Waals surface area contributed by atoms with Crippen molar-refractivity contribution >= 4 is 34.3 Å². The van der Waals surface area contributed by atoms with Crippen LogP contribution in [0.1, 0.15) is 12.6 Å². The van der Waals surface area contributed by atoms with Crippen LogP contribution < -0.4 is 5.32 Å². The van der Waals surface area contributed by atoms with Crippen LogP contribution in [0.3, 0.4) is 0 Å². The zero-order valence-electron chi connectivity index (χ0n) is 17.0. The molecule has 0 aliphatic carbocycles. The Bertz CT molecular complexity index is 1470. The van der Waals surface area contributed by atoms with Gasteiger partial charge in [-0.15, -0.1) is 0 Å². The van der Waals surface area contributed by atoms with Crippen molar-refractivity contribution in [3.05, 3.63) is 77.7 Å². The maximum atomic E-state index is 13.8. The van der Waals surface area contributed by atoms with Gasteiger partial charge < -0.3 is 10.3 Å². The highest BCUT2D eigenvalue weighted by molar-refractivity contribution is 6.31. The highest BCUT2D eigenvalue weighted by Crippen LogP contribution is 2.30. The second kappa shape index (κ2) is 7.89. The number of aromatic nitrogens is 6. The second-order valence-corrected chi connectivity index (χ2v) is 7.77. The third kappa shape index (κ3) is 4.12. The van der Waals surface area contributed by atoms with Gasteiger partial charge in [0.05, 0.1) is 5.02 Å². The van der Waals surface area contributed by atoms with Gasteiger partial charge in [-0.2, -0.15) is 18.9 Å². The fourth-order valence-electron chi connectivity index (χ4n) is 3.28. The molecule has 11 heteroatoms. The molecule has 33 heavy (non-hydrogen) atoms. The molecule has 2 N–H and O–H groups in total. The van der Waals surface area contributed by atoms with E-state index in [-0.39, 0.29) is 16.8 Å². The van der Waals surface area contributed by atoms with Crippen LogP contribution in [-0.2, 0) is 5.92 Å². The Balaban J connectivity index is 1.61. The Morgan fingerprint density at radius 2 is 1.94 bits per heavy atom. The number of hydrogen-bond acceptors (Lipinski definition) is 5. The molecule has 0 saturated heterocycles. The van der Waals surface area contributed by atoms with Crippen molar-refractivity contribution in [3.8, 4) is 16.9 Å². The molecule has 1 aromatic carbocycles. The number of nitrogens with zero attached hydrogens (tertiary/aromatic N) is 5. The summed E-state index contributed by atoms with van der Waals surface area (Å²) in [6.07, 6.45) is 6.34. The third-order valence-corrected chi connectivity index (χ3v) is 5.20. The Morgan fingerprint density at radius 3 is 2.70 bits per heavy atom. The van der Waals surface area contributed by atoms with Gasteiger partial charge in [0.25, 0.3) is 5.92 Å². The highest BCUT2D eigenvalue weighted by atomic mass is 35.5. The third-order valence-electron chi connectivity index (χ3n) is 4.91. The summed E-state index contributed by atoms with van der Waals surface area (Å²) in [6, 6.07) is 9.05. The SMILES string of the molecule is CC(F)(F)c1ccn(-c2nc(Nc3ccc(F)c(Cl)c3)ncc2-c2cnc3[nH]ccc3c2)n1. The van der Waals surface area contributed by atoms with E-state index in [2.05, 4.69) is 30.4 Å². The minimum Gasteiger partial charge on any atom is -0.346 e. The molecule has 0 bridgehead atoms. The molecule has 4 aromatic heterocycles. The summed E-state index contributed by atoms with van der Waals surface area (Å²) in [7, 11) is 0. The molecule has 7 nitrogen and oxygen atoms in total. The number of fused-ring (bicyclic) bond motifs is 1. The first-order valence-electron chi connectivity index (χ1n) is 9.75. The van der Waals surface area contributed by atoms with Crippen molar-refractivity contribution in [3.63, 3.8) is 0 Å². The van der Waals surface area contributed by atoms with Crippen LogP contribution in [0.25, 0.3) is 28.0 Å². The summed E-state index contributed by atoms with van der Waals surface area (Å²) in [4.78, 5) is 16.2. The van der Waals surface area contributed by atoms with E-state index in [1.807, 2.05) is 12.1 Å². The molecule has 166 valence electrons. The normalized spacial score (nSPS) is 11.8. The monoisotopic (exact) mass is 469 g/mol. The Labute approximate surface area is 190 Å². The van der Waals surface area contributed by atoms with Crippen molar-refractivity contribution in [2.75, 3.05) is 5.32 Å². The predicted molar refractivity (Wildman–Crippen MR) is 119 cm³/mol. The van der Waals surface area contributed by atoms with E-state index in [1.54, 1.807) is 12.4 Å². The van der Waals surface area contributed by atoms with Crippen LogP contribution >= 0.6 is 11.6 Å². The fourth-order valence-corrected chi connectivity index (χ4v) is 3.46. The predicted octanol–water partition coefficient (Wildman–Crippen LogP) is 5.85.